The Labute approximate surface area is 163 Å². The summed E-state index contributed by atoms with van der Waals surface area (Å²) < 4.78 is 41.9. The Morgan fingerprint density at radius 3 is 2.00 bits per heavy atom. The van der Waals surface area contributed by atoms with Crippen LogP contribution in [0.1, 0.15) is 82.1 Å². The molecule has 0 radical (unpaired) electrons. The van der Waals surface area contributed by atoms with E-state index in [0.717, 1.165) is 12.8 Å². The lowest BCUT2D eigenvalue weighted by Gasteiger charge is -2.14. The minimum Gasteiger partial charge on any atom is -0.493 e. The lowest BCUT2D eigenvalue weighted by molar-refractivity contribution is 0.237. The minimum atomic E-state index is -4.57. The molecule has 2 N–H and O–H groups in total. The smallest absolute Gasteiger partial charge is 0.296 e. The van der Waals surface area contributed by atoms with Crippen LogP contribution in [0, 0.1) is 0 Å². The molecule has 7 heteroatoms. The molecule has 0 spiro atoms. The molecule has 0 bridgehead atoms. The molecule has 1 atom stereocenters. The van der Waals surface area contributed by atoms with Crippen molar-refractivity contribution in [1.29, 1.82) is 0 Å². The van der Waals surface area contributed by atoms with Gasteiger partial charge in [0.2, 0.25) is 5.44 Å². The second-order valence-corrected chi connectivity index (χ2v) is 8.28. The van der Waals surface area contributed by atoms with Gasteiger partial charge in [-0.05, 0) is 18.6 Å². The molecule has 0 aliphatic heterocycles. The number of methoxy groups -OCH3 is 1. The van der Waals surface area contributed by atoms with Crippen molar-refractivity contribution >= 4 is 10.1 Å². The highest BCUT2D eigenvalue weighted by Gasteiger charge is 2.23. The Hall–Kier alpha value is -1.31. The van der Waals surface area contributed by atoms with Crippen molar-refractivity contribution in [1.82, 2.24) is 0 Å². The number of aliphatic hydroxyl groups is 1. The highest BCUT2D eigenvalue weighted by Crippen LogP contribution is 2.31. The van der Waals surface area contributed by atoms with Gasteiger partial charge >= 0.3 is 0 Å². The summed E-state index contributed by atoms with van der Waals surface area (Å²) in [5.74, 6) is 0.807. The second-order valence-electron chi connectivity index (χ2n) is 6.81. The van der Waals surface area contributed by atoms with Crippen LogP contribution in [-0.4, -0.2) is 31.8 Å². The molecular weight excluding hydrogens is 368 g/mol. The van der Waals surface area contributed by atoms with E-state index in [1.165, 1.54) is 70.6 Å². The first-order valence-corrected chi connectivity index (χ1v) is 11.4. The molecule has 156 valence electrons. The molecule has 0 fully saturated rings. The SMILES string of the molecule is CCCCCCCCCCCCOc1ccc(C(O)S(=O)(=O)O)cc1OC. The van der Waals surface area contributed by atoms with E-state index in [2.05, 4.69) is 6.92 Å². The molecule has 6 nitrogen and oxygen atoms in total. The Balaban J connectivity index is 2.29. The summed E-state index contributed by atoms with van der Waals surface area (Å²) in [4.78, 5) is 0. The largest absolute Gasteiger partial charge is 0.493 e. The monoisotopic (exact) mass is 402 g/mol. The highest BCUT2D eigenvalue weighted by molar-refractivity contribution is 7.85. The van der Waals surface area contributed by atoms with Crippen molar-refractivity contribution in [2.45, 2.75) is 76.6 Å². The van der Waals surface area contributed by atoms with E-state index >= 15 is 0 Å². The Kier molecular flexibility index (Phi) is 11.4. The first-order valence-electron chi connectivity index (χ1n) is 9.85. The van der Waals surface area contributed by atoms with Gasteiger partial charge in [0.15, 0.2) is 11.5 Å². The zero-order valence-corrected chi connectivity index (χ0v) is 17.3. The van der Waals surface area contributed by atoms with Gasteiger partial charge in [-0.2, -0.15) is 8.42 Å². The summed E-state index contributed by atoms with van der Waals surface area (Å²) in [6, 6.07) is 4.29. The highest BCUT2D eigenvalue weighted by atomic mass is 32.2. The van der Waals surface area contributed by atoms with Crippen molar-refractivity contribution in [2.24, 2.45) is 0 Å². The number of unbranched alkanes of at least 4 members (excludes halogenated alkanes) is 9. The molecule has 1 rings (SSSR count). The van der Waals surface area contributed by atoms with E-state index < -0.39 is 15.6 Å². The average Bonchev–Trinajstić information content (AvgIpc) is 2.64. The summed E-state index contributed by atoms with van der Waals surface area (Å²) in [6.07, 6.45) is 12.5. The summed E-state index contributed by atoms with van der Waals surface area (Å²) in [5.41, 5.74) is -1.97. The summed E-state index contributed by atoms with van der Waals surface area (Å²) >= 11 is 0. The quantitative estimate of drug-likeness (QED) is 0.321. The first-order chi connectivity index (χ1) is 12.9. The average molecular weight is 403 g/mol. The summed E-state index contributed by atoms with van der Waals surface area (Å²) in [6.45, 7) is 2.78. The van der Waals surface area contributed by atoms with Crippen molar-refractivity contribution in [2.75, 3.05) is 13.7 Å². The summed E-state index contributed by atoms with van der Waals surface area (Å²) in [7, 11) is -3.14. The van der Waals surface area contributed by atoms with Crippen LogP contribution in [-0.2, 0) is 10.1 Å². The van der Waals surface area contributed by atoms with Crippen molar-refractivity contribution in [3.63, 3.8) is 0 Å². The molecule has 0 amide bonds. The van der Waals surface area contributed by atoms with E-state index in [1.54, 1.807) is 6.07 Å². The molecule has 0 saturated carbocycles. The fraction of sp³-hybridized carbons (Fsp3) is 0.700. The molecule has 0 saturated heterocycles. The molecule has 1 aromatic rings. The van der Waals surface area contributed by atoms with Crippen LogP contribution in [0.3, 0.4) is 0 Å². The predicted octanol–water partition coefficient (Wildman–Crippen LogP) is 4.87. The van der Waals surface area contributed by atoms with Crippen LogP contribution in [0.2, 0.25) is 0 Å². The van der Waals surface area contributed by atoms with Crippen molar-refractivity contribution < 1.29 is 27.6 Å². The number of aliphatic hydroxyl groups excluding tert-OH is 1. The van der Waals surface area contributed by atoms with Gasteiger partial charge in [0, 0.05) is 5.56 Å². The van der Waals surface area contributed by atoms with Crippen molar-refractivity contribution in [3.05, 3.63) is 23.8 Å². The Morgan fingerprint density at radius 1 is 0.926 bits per heavy atom. The van der Waals surface area contributed by atoms with Crippen LogP contribution >= 0.6 is 0 Å². The molecule has 0 aliphatic rings. The van der Waals surface area contributed by atoms with Crippen LogP contribution in [0.5, 0.6) is 11.5 Å². The standard InChI is InChI=1S/C20H34O6S/c1-3-4-5-6-7-8-9-10-11-12-15-26-18-14-13-17(16-19(18)25-2)20(21)27(22,23)24/h13-14,16,20-21H,3-12,15H2,1-2H3,(H,22,23,24). The number of hydrogen-bond donors (Lipinski definition) is 2. The van der Waals surface area contributed by atoms with E-state index in [1.807, 2.05) is 0 Å². The lowest BCUT2D eigenvalue weighted by atomic mass is 10.1. The molecule has 0 heterocycles. The normalized spacial score (nSPS) is 12.7. The zero-order chi connectivity index (χ0) is 20.1. The molecule has 1 unspecified atom stereocenters. The fourth-order valence-electron chi connectivity index (χ4n) is 2.90. The first kappa shape index (κ1) is 23.7. The van der Waals surface area contributed by atoms with Gasteiger partial charge in [0.05, 0.1) is 13.7 Å². The maximum Gasteiger partial charge on any atom is 0.296 e. The number of hydrogen-bond acceptors (Lipinski definition) is 5. The van der Waals surface area contributed by atoms with E-state index in [4.69, 9.17) is 14.0 Å². The van der Waals surface area contributed by atoms with Crippen LogP contribution < -0.4 is 9.47 Å². The molecular formula is C20H34O6S. The van der Waals surface area contributed by atoms with Gasteiger partial charge in [-0.1, -0.05) is 70.8 Å². The van der Waals surface area contributed by atoms with E-state index in [0.29, 0.717) is 18.1 Å². The zero-order valence-electron chi connectivity index (χ0n) is 16.5. The Morgan fingerprint density at radius 2 is 1.48 bits per heavy atom. The minimum absolute atomic E-state index is 0.0284. The van der Waals surface area contributed by atoms with Crippen LogP contribution in [0.25, 0.3) is 0 Å². The maximum absolute atomic E-state index is 11.0. The third kappa shape index (κ3) is 9.44. The molecule has 1 aromatic carbocycles. The topological polar surface area (TPSA) is 93.1 Å². The van der Waals surface area contributed by atoms with Gasteiger partial charge in [-0.3, -0.25) is 4.55 Å². The summed E-state index contributed by atoms with van der Waals surface area (Å²) in [5, 5.41) is 9.61. The van der Waals surface area contributed by atoms with Gasteiger partial charge in [-0.15, -0.1) is 0 Å². The number of rotatable bonds is 15. The van der Waals surface area contributed by atoms with Gasteiger partial charge in [-0.25, -0.2) is 0 Å². The Bertz CT molecular complexity index is 629. The molecule has 0 aromatic heterocycles. The van der Waals surface area contributed by atoms with E-state index in [-0.39, 0.29) is 5.56 Å². The molecule has 27 heavy (non-hydrogen) atoms. The van der Waals surface area contributed by atoms with Crippen LogP contribution in [0.4, 0.5) is 0 Å². The fourth-order valence-corrected chi connectivity index (χ4v) is 3.39. The van der Waals surface area contributed by atoms with Gasteiger partial charge in [0.1, 0.15) is 0 Å². The van der Waals surface area contributed by atoms with Gasteiger partial charge in [0.25, 0.3) is 10.1 Å². The van der Waals surface area contributed by atoms with Crippen molar-refractivity contribution in [3.8, 4) is 11.5 Å². The second kappa shape index (κ2) is 13.0. The number of ether oxygens (including phenoxy) is 2. The third-order valence-corrected chi connectivity index (χ3v) is 5.35. The third-order valence-electron chi connectivity index (χ3n) is 4.51. The number of benzene rings is 1. The van der Waals surface area contributed by atoms with Gasteiger partial charge < -0.3 is 14.6 Å². The van der Waals surface area contributed by atoms with E-state index in [9.17, 15) is 13.5 Å². The maximum atomic E-state index is 11.0. The lowest BCUT2D eigenvalue weighted by Crippen LogP contribution is -2.11. The predicted molar refractivity (Wildman–Crippen MR) is 107 cm³/mol. The van der Waals surface area contributed by atoms with Crippen LogP contribution in [0.15, 0.2) is 18.2 Å². The molecule has 0 aliphatic carbocycles.